The van der Waals surface area contributed by atoms with Crippen LogP contribution in [0.5, 0.6) is 0 Å². The molecule has 1 unspecified atom stereocenters. The van der Waals surface area contributed by atoms with E-state index in [-0.39, 0.29) is 0 Å². The fraction of sp³-hybridized carbons (Fsp3) is 0.750. The lowest BCUT2D eigenvalue weighted by Crippen LogP contribution is -2.42. The SMILES string of the molecule is BC(C(C)C)N1C=CN[C@@H]1C. The van der Waals surface area contributed by atoms with Crippen molar-refractivity contribution in [1.82, 2.24) is 10.2 Å². The molecule has 1 N–H and O–H groups in total. The van der Waals surface area contributed by atoms with Crippen LogP contribution in [0.1, 0.15) is 20.8 Å². The summed E-state index contributed by atoms with van der Waals surface area (Å²) in [5.74, 6) is 1.33. The number of hydrogen-bond donors (Lipinski definition) is 1. The number of hydrogen-bond acceptors (Lipinski definition) is 2. The molecule has 0 aromatic heterocycles. The first-order valence-corrected chi connectivity index (χ1v) is 4.33. The summed E-state index contributed by atoms with van der Waals surface area (Å²) < 4.78 is 0. The largest absolute Gasteiger partial charge is 0.370 e. The fourth-order valence-electron chi connectivity index (χ4n) is 1.32. The number of nitrogens with one attached hydrogen (secondary N) is 1. The molecule has 11 heavy (non-hydrogen) atoms. The lowest BCUT2D eigenvalue weighted by atomic mass is 9.84. The summed E-state index contributed by atoms with van der Waals surface area (Å²) in [5, 5.41) is 3.25. The standard InChI is InChI=1S/C8H17BN2/c1-6(2)8(9)11-5-4-10-7(11)3/h4-8,10H,9H2,1-3H3/t7-,8?/m0/s1. The van der Waals surface area contributed by atoms with E-state index >= 15 is 0 Å². The quantitative estimate of drug-likeness (QED) is 0.573. The van der Waals surface area contributed by atoms with Gasteiger partial charge in [-0.3, -0.25) is 0 Å². The predicted octanol–water partition coefficient (Wildman–Crippen LogP) is 0.324. The van der Waals surface area contributed by atoms with Gasteiger partial charge in [0.25, 0.3) is 0 Å². The molecule has 0 fully saturated rings. The lowest BCUT2D eigenvalue weighted by molar-refractivity contribution is 0.236. The molecular formula is C8H17BN2. The normalized spacial score (nSPS) is 25.8. The Labute approximate surface area is 70.1 Å². The zero-order chi connectivity index (χ0) is 8.43. The summed E-state index contributed by atoms with van der Waals surface area (Å²) >= 11 is 0. The molecule has 1 heterocycles. The van der Waals surface area contributed by atoms with Crippen LogP contribution in [-0.4, -0.2) is 24.9 Å². The van der Waals surface area contributed by atoms with E-state index in [9.17, 15) is 0 Å². The highest BCUT2D eigenvalue weighted by Gasteiger charge is 2.20. The average molecular weight is 152 g/mol. The predicted molar refractivity (Wildman–Crippen MR) is 50.7 cm³/mol. The van der Waals surface area contributed by atoms with Crippen LogP contribution in [0.2, 0.25) is 0 Å². The molecule has 0 spiro atoms. The Morgan fingerprint density at radius 3 is 2.55 bits per heavy atom. The Bertz CT molecular complexity index is 156. The first-order valence-electron chi connectivity index (χ1n) is 4.33. The lowest BCUT2D eigenvalue weighted by Gasteiger charge is -2.31. The molecule has 0 aromatic carbocycles. The molecule has 1 aliphatic rings. The van der Waals surface area contributed by atoms with E-state index in [1.54, 1.807) is 0 Å². The van der Waals surface area contributed by atoms with E-state index in [2.05, 4.69) is 45.0 Å². The third-order valence-corrected chi connectivity index (χ3v) is 2.47. The van der Waals surface area contributed by atoms with Gasteiger partial charge in [0.1, 0.15) is 7.85 Å². The Morgan fingerprint density at radius 1 is 1.55 bits per heavy atom. The first-order chi connectivity index (χ1) is 5.13. The van der Waals surface area contributed by atoms with Crippen molar-refractivity contribution in [1.29, 1.82) is 0 Å². The van der Waals surface area contributed by atoms with Gasteiger partial charge >= 0.3 is 0 Å². The van der Waals surface area contributed by atoms with E-state index in [0.717, 1.165) is 0 Å². The third kappa shape index (κ3) is 1.70. The highest BCUT2D eigenvalue weighted by molar-refractivity contribution is 6.12. The van der Waals surface area contributed by atoms with Gasteiger partial charge in [0, 0.05) is 18.3 Å². The van der Waals surface area contributed by atoms with Gasteiger partial charge < -0.3 is 10.2 Å². The van der Waals surface area contributed by atoms with Crippen molar-refractivity contribution in [3.63, 3.8) is 0 Å². The monoisotopic (exact) mass is 152 g/mol. The second-order valence-electron chi connectivity index (χ2n) is 3.59. The van der Waals surface area contributed by atoms with Crippen LogP contribution in [0.15, 0.2) is 12.4 Å². The maximum absolute atomic E-state index is 3.25. The topological polar surface area (TPSA) is 15.3 Å². The highest BCUT2D eigenvalue weighted by Crippen LogP contribution is 2.13. The van der Waals surface area contributed by atoms with Gasteiger partial charge in [0.2, 0.25) is 0 Å². The minimum absolute atomic E-state index is 0.465. The van der Waals surface area contributed by atoms with Crippen LogP contribution in [0.3, 0.4) is 0 Å². The molecule has 3 heteroatoms. The summed E-state index contributed by atoms with van der Waals surface area (Å²) in [6.07, 6.45) is 4.62. The highest BCUT2D eigenvalue weighted by atomic mass is 15.3. The Morgan fingerprint density at radius 2 is 2.18 bits per heavy atom. The Balaban J connectivity index is 2.52. The second kappa shape index (κ2) is 3.20. The van der Waals surface area contributed by atoms with Crippen LogP contribution in [0.25, 0.3) is 0 Å². The van der Waals surface area contributed by atoms with Gasteiger partial charge in [-0.15, -0.1) is 0 Å². The van der Waals surface area contributed by atoms with Gasteiger partial charge in [-0.05, 0) is 12.8 Å². The van der Waals surface area contributed by atoms with Gasteiger partial charge in [0.15, 0.2) is 0 Å². The molecule has 1 aliphatic heterocycles. The molecule has 0 radical (unpaired) electrons. The van der Waals surface area contributed by atoms with E-state index in [1.807, 2.05) is 6.20 Å². The maximum atomic E-state index is 3.25. The van der Waals surface area contributed by atoms with Gasteiger partial charge in [-0.25, -0.2) is 0 Å². The van der Waals surface area contributed by atoms with Gasteiger partial charge in [-0.2, -0.15) is 0 Å². The second-order valence-corrected chi connectivity index (χ2v) is 3.59. The van der Waals surface area contributed by atoms with Crippen molar-refractivity contribution in [2.45, 2.75) is 32.9 Å². The molecule has 2 nitrogen and oxygen atoms in total. The Hall–Kier alpha value is -0.595. The number of rotatable bonds is 2. The summed E-state index contributed by atoms with van der Waals surface area (Å²) in [5.41, 5.74) is 0. The summed E-state index contributed by atoms with van der Waals surface area (Å²) in [7, 11) is 2.26. The van der Waals surface area contributed by atoms with E-state index in [0.29, 0.717) is 18.0 Å². The van der Waals surface area contributed by atoms with Crippen LogP contribution >= 0.6 is 0 Å². The smallest absolute Gasteiger partial charge is 0.131 e. The van der Waals surface area contributed by atoms with Crippen LogP contribution < -0.4 is 5.32 Å². The first kappa shape index (κ1) is 8.50. The van der Waals surface area contributed by atoms with Crippen molar-refractivity contribution in [2.75, 3.05) is 0 Å². The summed E-state index contributed by atoms with van der Waals surface area (Å²) in [6, 6.07) is 0. The molecular weight excluding hydrogens is 135 g/mol. The minimum atomic E-state index is 0.465. The molecule has 0 aliphatic carbocycles. The molecule has 62 valence electrons. The zero-order valence-electron chi connectivity index (χ0n) is 7.83. The van der Waals surface area contributed by atoms with Gasteiger partial charge in [-0.1, -0.05) is 13.8 Å². The van der Waals surface area contributed by atoms with E-state index in [1.165, 1.54) is 0 Å². The molecule has 0 amide bonds. The minimum Gasteiger partial charge on any atom is -0.370 e. The summed E-state index contributed by atoms with van der Waals surface area (Å²) in [6.45, 7) is 6.69. The third-order valence-electron chi connectivity index (χ3n) is 2.47. The van der Waals surface area contributed by atoms with Gasteiger partial charge in [0.05, 0.1) is 6.17 Å². The Kier molecular flexibility index (Phi) is 2.47. The molecule has 0 bridgehead atoms. The molecule has 0 aromatic rings. The van der Waals surface area contributed by atoms with Crippen LogP contribution in [0, 0.1) is 5.92 Å². The van der Waals surface area contributed by atoms with Crippen molar-refractivity contribution >= 4 is 7.85 Å². The van der Waals surface area contributed by atoms with Crippen LogP contribution in [0.4, 0.5) is 0 Å². The average Bonchev–Trinajstić information content (AvgIpc) is 2.33. The number of nitrogens with zero attached hydrogens (tertiary/aromatic N) is 1. The molecule has 0 saturated carbocycles. The van der Waals surface area contributed by atoms with Crippen molar-refractivity contribution in [3.8, 4) is 0 Å². The van der Waals surface area contributed by atoms with E-state index < -0.39 is 0 Å². The van der Waals surface area contributed by atoms with Crippen molar-refractivity contribution in [3.05, 3.63) is 12.4 Å². The van der Waals surface area contributed by atoms with Crippen LogP contribution in [-0.2, 0) is 0 Å². The van der Waals surface area contributed by atoms with E-state index in [4.69, 9.17) is 0 Å². The molecule has 0 saturated heterocycles. The fourth-order valence-corrected chi connectivity index (χ4v) is 1.32. The molecule has 1 rings (SSSR count). The van der Waals surface area contributed by atoms with Crippen molar-refractivity contribution in [2.24, 2.45) is 5.92 Å². The maximum Gasteiger partial charge on any atom is 0.131 e. The molecule has 2 atom stereocenters. The van der Waals surface area contributed by atoms with Crippen molar-refractivity contribution < 1.29 is 0 Å². The zero-order valence-corrected chi connectivity index (χ0v) is 7.83. The summed E-state index contributed by atoms with van der Waals surface area (Å²) in [4.78, 5) is 2.35.